The summed E-state index contributed by atoms with van der Waals surface area (Å²) < 4.78 is 0. The predicted octanol–water partition coefficient (Wildman–Crippen LogP) is 3.35. The monoisotopic (exact) mass is 298 g/mol. The fraction of sp³-hybridized carbons (Fsp3) is 0.882. The molecule has 21 heavy (non-hydrogen) atoms. The highest BCUT2D eigenvalue weighted by Gasteiger charge is 2.35. The molecule has 2 atom stereocenters. The third kappa shape index (κ3) is 7.49. The van der Waals surface area contributed by atoms with E-state index in [0.29, 0.717) is 18.0 Å². The van der Waals surface area contributed by atoms with Crippen LogP contribution in [0.4, 0.5) is 0 Å². The Morgan fingerprint density at radius 1 is 1.19 bits per heavy atom. The Balaban J connectivity index is 0.000000342. The molecule has 0 aromatic heterocycles. The van der Waals surface area contributed by atoms with Gasteiger partial charge in [0.15, 0.2) is 0 Å². The van der Waals surface area contributed by atoms with E-state index >= 15 is 0 Å². The first-order chi connectivity index (χ1) is 9.84. The molecule has 4 heteroatoms. The molecule has 1 N–H and O–H groups in total. The summed E-state index contributed by atoms with van der Waals surface area (Å²) in [4.78, 5) is 23.8. The van der Waals surface area contributed by atoms with Crippen molar-refractivity contribution in [3.8, 4) is 0 Å². The van der Waals surface area contributed by atoms with Crippen LogP contribution in [0.5, 0.6) is 0 Å². The standard InChI is InChI=1S/C9H17NO.C5H9NO.C3H8/c1-6(2)10-8(4)5-7(3)9(10)11;7-5-3-1-2-4-6-5;1-3-2/h6-8H,5H2,1-4H3;1-4H2,(H,6,7);3H2,1-2H3. The number of rotatable bonds is 1. The fourth-order valence-corrected chi connectivity index (χ4v) is 2.69. The highest BCUT2D eigenvalue weighted by Crippen LogP contribution is 2.25. The molecule has 0 bridgehead atoms. The minimum absolute atomic E-state index is 0.214. The van der Waals surface area contributed by atoms with Crippen LogP contribution in [-0.4, -0.2) is 35.3 Å². The summed E-state index contributed by atoms with van der Waals surface area (Å²) in [6.45, 7) is 13.4. The van der Waals surface area contributed by atoms with Crippen LogP contribution >= 0.6 is 0 Å². The van der Waals surface area contributed by atoms with Crippen LogP contribution in [0.2, 0.25) is 0 Å². The molecule has 2 aliphatic rings. The van der Waals surface area contributed by atoms with Gasteiger partial charge in [-0.2, -0.15) is 0 Å². The zero-order valence-corrected chi connectivity index (χ0v) is 14.7. The second-order valence-electron chi connectivity index (χ2n) is 6.34. The van der Waals surface area contributed by atoms with Crippen LogP contribution in [0.15, 0.2) is 0 Å². The lowest BCUT2D eigenvalue weighted by atomic mass is 10.1. The van der Waals surface area contributed by atoms with Gasteiger partial charge in [-0.05, 0) is 40.0 Å². The van der Waals surface area contributed by atoms with Crippen LogP contribution < -0.4 is 5.32 Å². The summed E-state index contributed by atoms with van der Waals surface area (Å²) in [6, 6.07) is 0.806. The van der Waals surface area contributed by atoms with Gasteiger partial charge >= 0.3 is 0 Å². The molecular weight excluding hydrogens is 264 g/mol. The quantitative estimate of drug-likeness (QED) is 0.807. The van der Waals surface area contributed by atoms with Gasteiger partial charge in [0.05, 0.1) is 0 Å². The smallest absolute Gasteiger partial charge is 0.225 e. The third-order valence-corrected chi connectivity index (χ3v) is 3.55. The van der Waals surface area contributed by atoms with Gasteiger partial charge in [0, 0.05) is 31.0 Å². The Kier molecular flexibility index (Phi) is 10.1. The van der Waals surface area contributed by atoms with Gasteiger partial charge in [0.1, 0.15) is 0 Å². The van der Waals surface area contributed by atoms with Crippen LogP contribution in [0.3, 0.4) is 0 Å². The van der Waals surface area contributed by atoms with E-state index < -0.39 is 0 Å². The van der Waals surface area contributed by atoms with E-state index in [1.807, 2.05) is 11.8 Å². The number of amides is 2. The molecule has 2 amide bonds. The van der Waals surface area contributed by atoms with Crippen LogP contribution in [0, 0.1) is 5.92 Å². The minimum atomic E-state index is 0.214. The van der Waals surface area contributed by atoms with Crippen LogP contribution in [0.1, 0.15) is 73.6 Å². The van der Waals surface area contributed by atoms with Gasteiger partial charge in [0.25, 0.3) is 0 Å². The number of likely N-dealkylation sites (tertiary alicyclic amines) is 1. The number of hydrogen-bond donors (Lipinski definition) is 1. The second-order valence-corrected chi connectivity index (χ2v) is 6.34. The molecule has 2 saturated heterocycles. The van der Waals surface area contributed by atoms with E-state index in [1.165, 1.54) is 6.42 Å². The molecular formula is C17H34N2O2. The topological polar surface area (TPSA) is 49.4 Å². The summed E-state index contributed by atoms with van der Waals surface area (Å²) >= 11 is 0. The Morgan fingerprint density at radius 3 is 1.95 bits per heavy atom. The molecule has 2 aliphatic heterocycles. The second kappa shape index (κ2) is 10.6. The molecule has 0 radical (unpaired) electrons. The fourth-order valence-electron chi connectivity index (χ4n) is 2.69. The van der Waals surface area contributed by atoms with Crippen LogP contribution in [0.25, 0.3) is 0 Å². The van der Waals surface area contributed by atoms with Gasteiger partial charge in [0.2, 0.25) is 11.8 Å². The molecule has 2 heterocycles. The van der Waals surface area contributed by atoms with Crippen molar-refractivity contribution < 1.29 is 9.59 Å². The van der Waals surface area contributed by atoms with Crippen molar-refractivity contribution in [1.82, 2.24) is 10.2 Å². The zero-order valence-electron chi connectivity index (χ0n) is 14.7. The normalized spacial score (nSPS) is 24.8. The minimum Gasteiger partial charge on any atom is -0.356 e. The highest BCUT2D eigenvalue weighted by molar-refractivity contribution is 5.81. The van der Waals surface area contributed by atoms with E-state index in [9.17, 15) is 9.59 Å². The first-order valence-electron chi connectivity index (χ1n) is 8.43. The van der Waals surface area contributed by atoms with Crippen molar-refractivity contribution in [2.45, 2.75) is 85.7 Å². The Morgan fingerprint density at radius 2 is 1.76 bits per heavy atom. The molecule has 2 rings (SSSR count). The lowest BCUT2D eigenvalue weighted by Crippen LogP contribution is -2.37. The van der Waals surface area contributed by atoms with Crippen LogP contribution in [-0.2, 0) is 9.59 Å². The van der Waals surface area contributed by atoms with Gasteiger partial charge in [-0.3, -0.25) is 9.59 Å². The Labute approximate surface area is 130 Å². The van der Waals surface area contributed by atoms with Gasteiger partial charge < -0.3 is 10.2 Å². The summed E-state index contributed by atoms with van der Waals surface area (Å²) in [5.74, 6) is 0.783. The average Bonchev–Trinajstić information content (AvgIpc) is 2.65. The van der Waals surface area contributed by atoms with Crippen molar-refractivity contribution in [1.29, 1.82) is 0 Å². The summed E-state index contributed by atoms with van der Waals surface area (Å²) in [5, 5.41) is 2.74. The SMILES string of the molecule is CC1CC(C)N(C(C)C)C1=O.CCC.O=C1CCCCN1. The molecule has 124 valence electrons. The molecule has 0 saturated carbocycles. The Hall–Kier alpha value is -1.06. The summed E-state index contributed by atoms with van der Waals surface area (Å²) in [7, 11) is 0. The van der Waals surface area contributed by atoms with Crippen molar-refractivity contribution in [3.63, 3.8) is 0 Å². The Bertz CT molecular complexity index is 308. The molecule has 4 nitrogen and oxygen atoms in total. The van der Waals surface area contributed by atoms with E-state index in [-0.39, 0.29) is 11.8 Å². The molecule has 2 unspecified atom stereocenters. The van der Waals surface area contributed by atoms with Gasteiger partial charge in [-0.15, -0.1) is 0 Å². The average molecular weight is 298 g/mol. The number of carbonyl (C=O) groups is 2. The zero-order chi connectivity index (χ0) is 16.4. The molecule has 0 spiro atoms. The van der Waals surface area contributed by atoms with Crippen molar-refractivity contribution in [3.05, 3.63) is 0 Å². The summed E-state index contributed by atoms with van der Waals surface area (Å²) in [5.41, 5.74) is 0. The first-order valence-corrected chi connectivity index (χ1v) is 8.43. The van der Waals surface area contributed by atoms with E-state index in [0.717, 1.165) is 32.2 Å². The van der Waals surface area contributed by atoms with E-state index in [2.05, 4.69) is 39.9 Å². The van der Waals surface area contributed by atoms with E-state index in [1.54, 1.807) is 0 Å². The number of nitrogens with one attached hydrogen (secondary N) is 1. The molecule has 0 aromatic carbocycles. The lowest BCUT2D eigenvalue weighted by Gasteiger charge is -2.25. The third-order valence-electron chi connectivity index (χ3n) is 3.55. The summed E-state index contributed by atoms with van der Waals surface area (Å²) in [6.07, 6.45) is 5.24. The number of carbonyl (C=O) groups excluding carboxylic acids is 2. The van der Waals surface area contributed by atoms with Gasteiger partial charge in [-0.1, -0.05) is 27.2 Å². The molecule has 0 aromatic rings. The molecule has 2 fully saturated rings. The maximum absolute atomic E-state index is 11.5. The first kappa shape index (κ1) is 19.9. The number of hydrogen-bond acceptors (Lipinski definition) is 2. The van der Waals surface area contributed by atoms with Crippen molar-refractivity contribution in [2.24, 2.45) is 5.92 Å². The highest BCUT2D eigenvalue weighted by atomic mass is 16.2. The maximum atomic E-state index is 11.5. The van der Waals surface area contributed by atoms with Crippen molar-refractivity contribution in [2.75, 3.05) is 6.54 Å². The number of piperidine rings is 1. The van der Waals surface area contributed by atoms with Gasteiger partial charge in [-0.25, -0.2) is 0 Å². The number of nitrogens with zero attached hydrogens (tertiary/aromatic N) is 1. The maximum Gasteiger partial charge on any atom is 0.225 e. The van der Waals surface area contributed by atoms with E-state index in [4.69, 9.17) is 0 Å². The largest absolute Gasteiger partial charge is 0.356 e. The molecule has 0 aliphatic carbocycles. The lowest BCUT2D eigenvalue weighted by molar-refractivity contribution is -0.133. The predicted molar refractivity (Wildman–Crippen MR) is 88.1 cm³/mol. The van der Waals surface area contributed by atoms with Crippen molar-refractivity contribution >= 4 is 11.8 Å².